The molecular weight excluding hydrogens is 324 g/mol. The number of aromatic nitrogens is 1. The summed E-state index contributed by atoms with van der Waals surface area (Å²) in [6, 6.07) is 11.2. The smallest absolute Gasteiger partial charge is 0.264 e. The van der Waals surface area contributed by atoms with E-state index in [1.807, 2.05) is 19.9 Å². The van der Waals surface area contributed by atoms with Crippen LogP contribution in [0.1, 0.15) is 11.1 Å². The minimum Gasteiger partial charge on any atom is -0.497 e. The van der Waals surface area contributed by atoms with E-state index in [0.717, 1.165) is 27.1 Å². The van der Waals surface area contributed by atoms with Crippen molar-refractivity contribution in [1.29, 1.82) is 0 Å². The summed E-state index contributed by atoms with van der Waals surface area (Å²) in [5.41, 5.74) is 3.23. The maximum atomic E-state index is 12.0. The quantitative estimate of drug-likeness (QED) is 0.763. The van der Waals surface area contributed by atoms with Gasteiger partial charge < -0.3 is 9.47 Å². The zero-order valence-electron chi connectivity index (χ0n) is 13.8. The molecule has 0 radical (unpaired) electrons. The first-order valence-corrected chi connectivity index (χ1v) is 8.31. The van der Waals surface area contributed by atoms with Gasteiger partial charge >= 0.3 is 0 Å². The van der Waals surface area contributed by atoms with Gasteiger partial charge in [0.1, 0.15) is 11.5 Å². The van der Waals surface area contributed by atoms with E-state index in [0.29, 0.717) is 10.9 Å². The van der Waals surface area contributed by atoms with E-state index in [4.69, 9.17) is 9.47 Å². The second-order valence-electron chi connectivity index (χ2n) is 5.46. The van der Waals surface area contributed by atoms with Crippen molar-refractivity contribution < 1.29 is 14.3 Å². The third-order valence-electron chi connectivity index (χ3n) is 3.50. The Bertz CT molecular complexity index is 872. The molecular formula is C18H18N2O3S. The zero-order valence-corrected chi connectivity index (χ0v) is 14.6. The minimum atomic E-state index is -0.237. The standard InChI is InChI=1S/C18H18N2O3S/c1-11-8-12(2)17-15(9-11)19-18(24-17)20-16(21)10-23-14-6-4-13(22-3)5-7-14/h4-9H,10H2,1-3H3,(H,19,20,21). The number of rotatable bonds is 5. The molecule has 0 aliphatic heterocycles. The largest absolute Gasteiger partial charge is 0.497 e. The number of hydrogen-bond donors (Lipinski definition) is 1. The fourth-order valence-electron chi connectivity index (χ4n) is 2.41. The van der Waals surface area contributed by atoms with E-state index in [9.17, 15) is 4.79 Å². The summed E-state index contributed by atoms with van der Waals surface area (Å²) in [5, 5.41) is 3.37. The summed E-state index contributed by atoms with van der Waals surface area (Å²) in [7, 11) is 1.60. The van der Waals surface area contributed by atoms with Gasteiger partial charge in [-0.15, -0.1) is 0 Å². The van der Waals surface area contributed by atoms with Crippen molar-refractivity contribution in [3.05, 3.63) is 47.5 Å². The van der Waals surface area contributed by atoms with Gasteiger partial charge in [-0.3, -0.25) is 10.1 Å². The van der Waals surface area contributed by atoms with E-state index in [-0.39, 0.29) is 12.5 Å². The number of thiazole rings is 1. The van der Waals surface area contributed by atoms with Crippen molar-refractivity contribution in [2.75, 3.05) is 19.0 Å². The molecule has 0 aliphatic rings. The number of methoxy groups -OCH3 is 1. The molecule has 1 N–H and O–H groups in total. The minimum absolute atomic E-state index is 0.0692. The first-order chi connectivity index (χ1) is 11.5. The van der Waals surface area contributed by atoms with Gasteiger partial charge in [0.2, 0.25) is 0 Å². The topological polar surface area (TPSA) is 60.5 Å². The molecule has 0 saturated heterocycles. The predicted octanol–water partition coefficient (Wildman–Crippen LogP) is 3.94. The number of anilines is 1. The third-order valence-corrected chi connectivity index (χ3v) is 4.62. The molecule has 0 aliphatic carbocycles. The fraction of sp³-hybridized carbons (Fsp3) is 0.222. The summed E-state index contributed by atoms with van der Waals surface area (Å²) >= 11 is 1.47. The number of amides is 1. The lowest BCUT2D eigenvalue weighted by atomic mass is 10.1. The molecule has 0 atom stereocenters. The van der Waals surface area contributed by atoms with Gasteiger partial charge in [-0.1, -0.05) is 17.4 Å². The summed E-state index contributed by atoms with van der Waals surface area (Å²) in [6.45, 7) is 4.01. The highest BCUT2D eigenvalue weighted by Gasteiger charge is 2.10. The molecule has 124 valence electrons. The summed E-state index contributed by atoms with van der Waals surface area (Å²) in [6.07, 6.45) is 0. The highest BCUT2D eigenvalue weighted by molar-refractivity contribution is 7.22. The van der Waals surface area contributed by atoms with Crippen LogP contribution in [0.5, 0.6) is 11.5 Å². The lowest BCUT2D eigenvalue weighted by Crippen LogP contribution is -2.19. The maximum Gasteiger partial charge on any atom is 0.264 e. The number of carbonyl (C=O) groups is 1. The van der Waals surface area contributed by atoms with E-state index in [1.165, 1.54) is 11.3 Å². The summed E-state index contributed by atoms with van der Waals surface area (Å²) < 4.78 is 11.6. The normalized spacial score (nSPS) is 10.6. The Labute approximate surface area is 144 Å². The van der Waals surface area contributed by atoms with Crippen molar-refractivity contribution in [2.24, 2.45) is 0 Å². The number of carbonyl (C=O) groups excluding carboxylic acids is 1. The van der Waals surface area contributed by atoms with Crippen molar-refractivity contribution >= 4 is 32.6 Å². The molecule has 0 saturated carbocycles. The lowest BCUT2D eigenvalue weighted by molar-refractivity contribution is -0.118. The number of nitrogens with one attached hydrogen (secondary N) is 1. The van der Waals surface area contributed by atoms with Gasteiger partial charge in [0.15, 0.2) is 11.7 Å². The van der Waals surface area contributed by atoms with Crippen LogP contribution in [0, 0.1) is 13.8 Å². The van der Waals surface area contributed by atoms with Crippen LogP contribution in [-0.2, 0) is 4.79 Å². The maximum absolute atomic E-state index is 12.0. The summed E-state index contributed by atoms with van der Waals surface area (Å²) in [4.78, 5) is 16.5. The van der Waals surface area contributed by atoms with Crippen molar-refractivity contribution in [3.63, 3.8) is 0 Å². The Morgan fingerprint density at radius 1 is 1.17 bits per heavy atom. The number of fused-ring (bicyclic) bond motifs is 1. The van der Waals surface area contributed by atoms with Gasteiger partial charge in [0.05, 0.1) is 17.3 Å². The van der Waals surface area contributed by atoms with Crippen LogP contribution in [-0.4, -0.2) is 24.6 Å². The predicted molar refractivity (Wildman–Crippen MR) is 96.2 cm³/mol. The van der Waals surface area contributed by atoms with Crippen LogP contribution < -0.4 is 14.8 Å². The monoisotopic (exact) mass is 342 g/mol. The lowest BCUT2D eigenvalue weighted by Gasteiger charge is -2.06. The van der Waals surface area contributed by atoms with Gasteiger partial charge in [-0.2, -0.15) is 0 Å². The molecule has 5 nitrogen and oxygen atoms in total. The molecule has 1 aromatic heterocycles. The third kappa shape index (κ3) is 3.65. The molecule has 0 spiro atoms. The highest BCUT2D eigenvalue weighted by Crippen LogP contribution is 2.29. The van der Waals surface area contributed by atoms with Crippen LogP contribution in [0.15, 0.2) is 36.4 Å². The SMILES string of the molecule is COc1ccc(OCC(=O)Nc2nc3cc(C)cc(C)c3s2)cc1. The van der Waals surface area contributed by atoms with Crippen molar-refractivity contribution in [2.45, 2.75) is 13.8 Å². The number of ether oxygens (including phenoxy) is 2. The molecule has 1 heterocycles. The number of aryl methyl sites for hydroxylation is 2. The van der Waals surface area contributed by atoms with E-state index < -0.39 is 0 Å². The average Bonchev–Trinajstić information content (AvgIpc) is 2.96. The Hall–Kier alpha value is -2.60. The van der Waals surface area contributed by atoms with Gasteiger partial charge in [-0.25, -0.2) is 4.98 Å². The molecule has 0 fully saturated rings. The molecule has 3 rings (SSSR count). The van der Waals surface area contributed by atoms with Crippen LogP contribution in [0.2, 0.25) is 0 Å². The highest BCUT2D eigenvalue weighted by atomic mass is 32.1. The van der Waals surface area contributed by atoms with E-state index in [1.54, 1.807) is 31.4 Å². The van der Waals surface area contributed by atoms with E-state index in [2.05, 4.69) is 16.4 Å². The average molecular weight is 342 g/mol. The Kier molecular flexibility index (Phi) is 4.66. The van der Waals surface area contributed by atoms with Gasteiger partial charge in [0.25, 0.3) is 5.91 Å². The van der Waals surface area contributed by atoms with Crippen LogP contribution in [0.3, 0.4) is 0 Å². The number of benzene rings is 2. The van der Waals surface area contributed by atoms with Crippen LogP contribution >= 0.6 is 11.3 Å². The van der Waals surface area contributed by atoms with E-state index >= 15 is 0 Å². The first-order valence-electron chi connectivity index (χ1n) is 7.49. The molecule has 0 unspecified atom stereocenters. The zero-order chi connectivity index (χ0) is 17.1. The molecule has 6 heteroatoms. The molecule has 3 aromatic rings. The van der Waals surface area contributed by atoms with Crippen molar-refractivity contribution in [3.8, 4) is 11.5 Å². The van der Waals surface area contributed by atoms with Gasteiger partial charge in [-0.05, 0) is 55.3 Å². The second kappa shape index (κ2) is 6.88. The van der Waals surface area contributed by atoms with Crippen LogP contribution in [0.25, 0.3) is 10.2 Å². The first kappa shape index (κ1) is 16.3. The summed E-state index contributed by atoms with van der Waals surface area (Å²) in [5.74, 6) is 1.12. The van der Waals surface area contributed by atoms with Gasteiger partial charge in [0, 0.05) is 0 Å². The second-order valence-corrected chi connectivity index (χ2v) is 6.46. The Morgan fingerprint density at radius 3 is 2.58 bits per heavy atom. The molecule has 0 bridgehead atoms. The Balaban J connectivity index is 1.63. The van der Waals surface area contributed by atoms with Crippen molar-refractivity contribution in [1.82, 2.24) is 4.98 Å². The Morgan fingerprint density at radius 2 is 1.88 bits per heavy atom. The number of nitrogens with zero attached hydrogens (tertiary/aromatic N) is 1. The molecule has 2 aromatic carbocycles. The van der Waals surface area contributed by atoms with Crippen LogP contribution in [0.4, 0.5) is 5.13 Å². The fourth-order valence-corrected chi connectivity index (χ4v) is 3.34. The number of hydrogen-bond acceptors (Lipinski definition) is 5. The molecule has 1 amide bonds. The molecule has 24 heavy (non-hydrogen) atoms.